The lowest BCUT2D eigenvalue weighted by atomic mass is 10.2. The third-order valence-electron chi connectivity index (χ3n) is 3.38. The molecular formula is C16H28N4O2. The molecule has 1 saturated heterocycles. The lowest BCUT2D eigenvalue weighted by Crippen LogP contribution is -2.16. The predicted octanol–water partition coefficient (Wildman–Crippen LogP) is 3.01. The van der Waals surface area contributed by atoms with Gasteiger partial charge in [0.2, 0.25) is 5.88 Å². The highest BCUT2D eigenvalue weighted by molar-refractivity contribution is 5.67. The Hall–Kier alpha value is -1.56. The molecule has 1 aliphatic rings. The fourth-order valence-corrected chi connectivity index (χ4v) is 2.18. The van der Waals surface area contributed by atoms with Crippen LogP contribution < -0.4 is 15.8 Å². The average Bonchev–Trinajstić information content (AvgIpc) is 2.98. The van der Waals surface area contributed by atoms with E-state index < -0.39 is 0 Å². The van der Waals surface area contributed by atoms with Gasteiger partial charge in [0.25, 0.3) is 0 Å². The molecule has 1 aliphatic heterocycles. The van der Waals surface area contributed by atoms with Crippen LogP contribution in [-0.2, 0) is 4.74 Å². The lowest BCUT2D eigenvalue weighted by Gasteiger charge is -2.17. The molecule has 6 heteroatoms. The summed E-state index contributed by atoms with van der Waals surface area (Å²) in [6, 6.07) is 0. The second kappa shape index (κ2) is 7.63. The SMILES string of the molecule is CC(C)CNc1nc(C2CCCO2)nc(OCC(C)C)c1N. The van der Waals surface area contributed by atoms with E-state index in [4.69, 9.17) is 15.2 Å². The van der Waals surface area contributed by atoms with E-state index in [9.17, 15) is 0 Å². The van der Waals surface area contributed by atoms with Crippen molar-refractivity contribution >= 4 is 11.5 Å². The van der Waals surface area contributed by atoms with Gasteiger partial charge in [-0.15, -0.1) is 0 Å². The van der Waals surface area contributed by atoms with Crippen LogP contribution in [0.4, 0.5) is 11.5 Å². The number of aromatic nitrogens is 2. The fraction of sp³-hybridized carbons (Fsp3) is 0.750. The van der Waals surface area contributed by atoms with Crippen molar-refractivity contribution in [2.45, 2.75) is 46.6 Å². The second-order valence-corrected chi connectivity index (χ2v) is 6.63. The fourth-order valence-electron chi connectivity index (χ4n) is 2.18. The number of anilines is 2. The van der Waals surface area contributed by atoms with Gasteiger partial charge >= 0.3 is 0 Å². The maximum absolute atomic E-state index is 6.17. The van der Waals surface area contributed by atoms with Crippen LogP contribution in [0.5, 0.6) is 5.88 Å². The topological polar surface area (TPSA) is 82.3 Å². The van der Waals surface area contributed by atoms with Crippen molar-refractivity contribution in [1.82, 2.24) is 9.97 Å². The normalized spacial score (nSPS) is 18.2. The van der Waals surface area contributed by atoms with Gasteiger partial charge in [-0.25, -0.2) is 4.98 Å². The second-order valence-electron chi connectivity index (χ2n) is 6.63. The van der Waals surface area contributed by atoms with Gasteiger partial charge in [-0.2, -0.15) is 4.98 Å². The highest BCUT2D eigenvalue weighted by atomic mass is 16.5. The van der Waals surface area contributed by atoms with E-state index in [1.165, 1.54) is 0 Å². The molecule has 1 aromatic rings. The van der Waals surface area contributed by atoms with Crippen LogP contribution in [0.25, 0.3) is 0 Å². The molecule has 1 atom stereocenters. The lowest BCUT2D eigenvalue weighted by molar-refractivity contribution is 0.104. The van der Waals surface area contributed by atoms with Crippen molar-refractivity contribution in [3.05, 3.63) is 5.82 Å². The Kier molecular flexibility index (Phi) is 5.83. The molecule has 1 aromatic heterocycles. The highest BCUT2D eigenvalue weighted by Crippen LogP contribution is 2.32. The molecule has 0 amide bonds. The summed E-state index contributed by atoms with van der Waals surface area (Å²) in [7, 11) is 0. The Balaban J connectivity index is 2.25. The van der Waals surface area contributed by atoms with E-state index in [0.29, 0.717) is 41.7 Å². The number of ether oxygens (including phenoxy) is 2. The Morgan fingerprint density at radius 3 is 2.64 bits per heavy atom. The van der Waals surface area contributed by atoms with Crippen LogP contribution in [0.2, 0.25) is 0 Å². The van der Waals surface area contributed by atoms with Gasteiger partial charge in [0, 0.05) is 13.2 Å². The van der Waals surface area contributed by atoms with Crippen LogP contribution in [0.1, 0.15) is 52.5 Å². The van der Waals surface area contributed by atoms with Crippen molar-refractivity contribution in [3.63, 3.8) is 0 Å². The summed E-state index contributed by atoms with van der Waals surface area (Å²) in [5.74, 6) is 2.68. The summed E-state index contributed by atoms with van der Waals surface area (Å²) >= 11 is 0. The van der Waals surface area contributed by atoms with Crippen molar-refractivity contribution in [3.8, 4) is 5.88 Å². The zero-order valence-corrected chi connectivity index (χ0v) is 14.1. The van der Waals surface area contributed by atoms with Crippen LogP contribution in [0, 0.1) is 11.8 Å². The first-order chi connectivity index (χ1) is 10.5. The average molecular weight is 308 g/mol. The van der Waals surface area contributed by atoms with Gasteiger partial charge in [0.05, 0.1) is 6.61 Å². The van der Waals surface area contributed by atoms with E-state index in [-0.39, 0.29) is 6.10 Å². The number of nitrogens with zero attached hydrogens (tertiary/aromatic N) is 2. The predicted molar refractivity (Wildman–Crippen MR) is 88.0 cm³/mol. The first kappa shape index (κ1) is 16.8. The minimum absolute atomic E-state index is 0.0541. The van der Waals surface area contributed by atoms with Crippen LogP contribution >= 0.6 is 0 Å². The summed E-state index contributed by atoms with van der Waals surface area (Å²) in [5.41, 5.74) is 6.65. The third-order valence-corrected chi connectivity index (χ3v) is 3.38. The maximum atomic E-state index is 6.17. The molecule has 0 saturated carbocycles. The first-order valence-electron chi connectivity index (χ1n) is 8.13. The molecule has 1 unspecified atom stereocenters. The van der Waals surface area contributed by atoms with E-state index in [0.717, 1.165) is 26.0 Å². The zero-order chi connectivity index (χ0) is 16.1. The van der Waals surface area contributed by atoms with E-state index in [1.54, 1.807) is 0 Å². The van der Waals surface area contributed by atoms with Crippen molar-refractivity contribution < 1.29 is 9.47 Å². The molecule has 0 spiro atoms. The number of rotatable bonds is 7. The van der Waals surface area contributed by atoms with Crippen molar-refractivity contribution in [2.24, 2.45) is 11.8 Å². The van der Waals surface area contributed by atoms with E-state index in [2.05, 4.69) is 43.0 Å². The van der Waals surface area contributed by atoms with Gasteiger partial charge in [-0.3, -0.25) is 0 Å². The Morgan fingerprint density at radius 1 is 1.27 bits per heavy atom. The van der Waals surface area contributed by atoms with E-state index >= 15 is 0 Å². The highest BCUT2D eigenvalue weighted by Gasteiger charge is 2.24. The molecule has 0 aromatic carbocycles. The summed E-state index contributed by atoms with van der Waals surface area (Å²) in [6.45, 7) is 10.6. The summed E-state index contributed by atoms with van der Waals surface area (Å²) in [5, 5.41) is 3.29. The minimum atomic E-state index is -0.0541. The van der Waals surface area contributed by atoms with Gasteiger partial charge in [-0.05, 0) is 24.7 Å². The quantitative estimate of drug-likeness (QED) is 0.805. The molecule has 6 nitrogen and oxygen atoms in total. The van der Waals surface area contributed by atoms with Gasteiger partial charge < -0.3 is 20.5 Å². The number of nitrogens with one attached hydrogen (secondary N) is 1. The molecule has 2 rings (SSSR count). The number of nitrogen functional groups attached to an aromatic ring is 1. The Bertz CT molecular complexity index is 452. The Morgan fingerprint density at radius 2 is 2.05 bits per heavy atom. The van der Waals surface area contributed by atoms with Gasteiger partial charge in [-0.1, -0.05) is 27.7 Å². The molecule has 0 aliphatic carbocycles. The van der Waals surface area contributed by atoms with Gasteiger partial charge in [0.15, 0.2) is 11.6 Å². The minimum Gasteiger partial charge on any atom is -0.476 e. The number of hydrogen-bond acceptors (Lipinski definition) is 6. The number of nitrogens with two attached hydrogens (primary N) is 1. The summed E-state index contributed by atoms with van der Waals surface area (Å²) in [6.07, 6.45) is 1.92. The molecule has 124 valence electrons. The smallest absolute Gasteiger partial charge is 0.242 e. The van der Waals surface area contributed by atoms with Crippen molar-refractivity contribution in [2.75, 3.05) is 30.8 Å². The van der Waals surface area contributed by atoms with Crippen LogP contribution in [0.3, 0.4) is 0 Å². The third kappa shape index (κ3) is 4.47. The monoisotopic (exact) mass is 308 g/mol. The molecule has 0 bridgehead atoms. The molecule has 0 radical (unpaired) electrons. The van der Waals surface area contributed by atoms with Crippen LogP contribution in [0.15, 0.2) is 0 Å². The maximum Gasteiger partial charge on any atom is 0.242 e. The molecular weight excluding hydrogens is 280 g/mol. The first-order valence-corrected chi connectivity index (χ1v) is 8.13. The molecule has 3 N–H and O–H groups in total. The summed E-state index contributed by atoms with van der Waals surface area (Å²) < 4.78 is 11.5. The Labute approximate surface area is 132 Å². The molecule has 1 fully saturated rings. The molecule has 22 heavy (non-hydrogen) atoms. The largest absolute Gasteiger partial charge is 0.476 e. The molecule has 2 heterocycles. The van der Waals surface area contributed by atoms with Crippen molar-refractivity contribution in [1.29, 1.82) is 0 Å². The van der Waals surface area contributed by atoms with E-state index in [1.807, 2.05) is 0 Å². The van der Waals surface area contributed by atoms with Gasteiger partial charge in [0.1, 0.15) is 11.8 Å². The van der Waals surface area contributed by atoms with Crippen LogP contribution in [-0.4, -0.2) is 29.7 Å². The number of hydrogen-bond donors (Lipinski definition) is 2. The zero-order valence-electron chi connectivity index (χ0n) is 14.1. The standard InChI is InChI=1S/C16H28N4O2/c1-10(2)8-18-15-13(17)16(22-9-11(3)4)20-14(19-15)12-6-5-7-21-12/h10-12H,5-9,17H2,1-4H3,(H,18,19,20). The summed E-state index contributed by atoms with van der Waals surface area (Å²) in [4.78, 5) is 9.05.